The van der Waals surface area contributed by atoms with Crippen LogP contribution >= 0.6 is 24.8 Å². The molecule has 0 bridgehead atoms. The molecule has 0 aliphatic carbocycles. The van der Waals surface area contributed by atoms with Crippen molar-refractivity contribution in [2.45, 2.75) is 0 Å². The van der Waals surface area contributed by atoms with Crippen LogP contribution in [0.2, 0.25) is 0 Å². The van der Waals surface area contributed by atoms with Crippen molar-refractivity contribution in [3.63, 3.8) is 0 Å². The summed E-state index contributed by atoms with van der Waals surface area (Å²) in [5.41, 5.74) is 0. The van der Waals surface area contributed by atoms with Crippen LogP contribution in [0.5, 0.6) is 0 Å². The molecule has 0 saturated heterocycles. The molecule has 0 fully saturated rings. The second-order valence-electron chi connectivity index (χ2n) is 0.733. The van der Waals surface area contributed by atoms with Crippen molar-refractivity contribution in [3.05, 3.63) is 0 Å². The maximum absolute atomic E-state index is 9.56. The van der Waals surface area contributed by atoms with E-state index in [1.807, 2.05) is 0 Å². The van der Waals surface area contributed by atoms with E-state index in [0.717, 1.165) is 6.26 Å². The van der Waals surface area contributed by atoms with E-state index in [1.54, 1.807) is 0 Å². The van der Waals surface area contributed by atoms with Crippen LogP contribution in [0, 0.1) is 0 Å². The van der Waals surface area contributed by atoms with Gasteiger partial charge in [-0.1, -0.05) is 0 Å². The van der Waals surface area contributed by atoms with Gasteiger partial charge in [-0.25, -0.2) is 4.21 Å². The summed E-state index contributed by atoms with van der Waals surface area (Å²) in [6.07, 6.45) is 1.09. The Morgan fingerprint density at radius 3 is 1.57 bits per heavy atom. The first kappa shape index (κ1) is 15.7. The van der Waals surface area contributed by atoms with Gasteiger partial charge in [-0.05, 0) is 0 Å². The molecule has 0 radical (unpaired) electrons. The molecule has 1 atom stereocenters. The maximum Gasteiger partial charge on any atom is 0.138 e. The quantitative estimate of drug-likeness (QED) is 0.602. The molecule has 0 saturated carbocycles. The number of hydrogen-bond acceptors (Lipinski definition) is 2. The van der Waals surface area contributed by atoms with Gasteiger partial charge in [0.1, 0.15) is 8.77 Å². The van der Waals surface area contributed by atoms with Gasteiger partial charge in [0.25, 0.3) is 0 Å². The van der Waals surface area contributed by atoms with Crippen molar-refractivity contribution in [2.24, 2.45) is 0 Å². The second-order valence-corrected chi connectivity index (χ2v) is 4.05. The molecule has 1 unspecified atom stereocenters. The normalized spacial score (nSPS) is 15.1. The summed E-state index contributed by atoms with van der Waals surface area (Å²) in [5, 5.41) is 0. The van der Waals surface area contributed by atoms with Gasteiger partial charge in [-0.2, -0.15) is 0 Å². The van der Waals surface area contributed by atoms with E-state index in [4.69, 9.17) is 4.55 Å². The highest BCUT2D eigenvalue weighted by molar-refractivity contribution is 8.29. The van der Waals surface area contributed by atoms with E-state index in [9.17, 15) is 4.21 Å². The molecule has 0 spiro atoms. The predicted molar refractivity (Wildman–Crippen MR) is 38.6 cm³/mol. The van der Waals surface area contributed by atoms with Crippen molar-refractivity contribution < 1.29 is 8.76 Å². The first-order chi connectivity index (χ1) is 2.00. The molecule has 0 aliphatic heterocycles. The van der Waals surface area contributed by atoms with Gasteiger partial charge in [0.15, 0.2) is 0 Å². The standard InChI is InChI=1S/CH4O2S2.2ClH/c1-5(2,3)4;;/h1H3,(H,2,3,4);2*1H. The zero-order valence-corrected chi connectivity index (χ0v) is 6.75. The highest BCUT2D eigenvalue weighted by atomic mass is 35.5. The molecule has 0 aliphatic rings. The minimum Gasteiger partial charge on any atom is -0.306 e. The Balaban J connectivity index is -0.0000000800. The molecule has 2 nitrogen and oxygen atoms in total. The van der Waals surface area contributed by atoms with E-state index in [1.165, 1.54) is 0 Å². The fourth-order valence-corrected chi connectivity index (χ4v) is 0. The Bertz CT molecular complexity index is 96.9. The Hall–Kier alpha value is 0.910. The number of hydrogen-bond donors (Lipinski definition) is 1. The second kappa shape index (κ2) is 5.05. The summed E-state index contributed by atoms with van der Waals surface area (Å²) in [7, 11) is -2.83. The molecule has 0 aromatic carbocycles. The van der Waals surface area contributed by atoms with Crippen LogP contribution in [-0.2, 0) is 20.0 Å². The van der Waals surface area contributed by atoms with Gasteiger partial charge >= 0.3 is 0 Å². The van der Waals surface area contributed by atoms with Crippen molar-refractivity contribution in [1.29, 1.82) is 0 Å². The van der Waals surface area contributed by atoms with Crippen LogP contribution < -0.4 is 0 Å². The Kier molecular flexibility index (Phi) is 11.3. The van der Waals surface area contributed by atoms with Crippen LogP contribution in [0.4, 0.5) is 0 Å². The zero-order chi connectivity index (χ0) is 4.50. The molecule has 48 valence electrons. The molecule has 0 rings (SSSR count). The minimum atomic E-state index is -2.83. The third kappa shape index (κ3) is 201. The van der Waals surface area contributed by atoms with Crippen LogP contribution in [-0.4, -0.2) is 15.0 Å². The average molecular weight is 185 g/mol. The van der Waals surface area contributed by atoms with E-state index >= 15 is 0 Å². The first-order valence-electron chi connectivity index (χ1n) is 0.924. The summed E-state index contributed by atoms with van der Waals surface area (Å²) >= 11 is 3.91. The summed E-state index contributed by atoms with van der Waals surface area (Å²) in [4.78, 5) is 0. The molecular formula is CH6Cl2O2S2. The number of halogens is 2. The predicted octanol–water partition coefficient (Wildman–Crippen LogP) is 0.679. The van der Waals surface area contributed by atoms with E-state index < -0.39 is 8.77 Å². The Labute approximate surface area is 60.0 Å². The topological polar surface area (TPSA) is 37.3 Å². The van der Waals surface area contributed by atoms with Gasteiger partial charge in [0.2, 0.25) is 0 Å². The van der Waals surface area contributed by atoms with E-state index in [0.29, 0.717) is 0 Å². The Morgan fingerprint density at radius 1 is 1.57 bits per heavy atom. The minimum absolute atomic E-state index is 0. The van der Waals surface area contributed by atoms with Gasteiger partial charge in [-0.15, -0.1) is 24.8 Å². The van der Waals surface area contributed by atoms with Crippen molar-refractivity contribution in [1.82, 2.24) is 0 Å². The third-order valence-electron chi connectivity index (χ3n) is 0. The Morgan fingerprint density at radius 2 is 1.57 bits per heavy atom. The number of rotatable bonds is 0. The van der Waals surface area contributed by atoms with Gasteiger partial charge in [0, 0.05) is 17.4 Å². The van der Waals surface area contributed by atoms with Gasteiger partial charge < -0.3 is 4.55 Å². The molecule has 6 heteroatoms. The van der Waals surface area contributed by atoms with Crippen molar-refractivity contribution >= 4 is 44.8 Å². The van der Waals surface area contributed by atoms with Crippen molar-refractivity contribution in [3.8, 4) is 0 Å². The summed E-state index contributed by atoms with van der Waals surface area (Å²) < 4.78 is 17.4. The van der Waals surface area contributed by atoms with Gasteiger partial charge in [-0.3, -0.25) is 0 Å². The monoisotopic (exact) mass is 184 g/mol. The zero-order valence-electron chi connectivity index (χ0n) is 3.49. The lowest BCUT2D eigenvalue weighted by atomic mass is 12.0. The lowest BCUT2D eigenvalue weighted by molar-refractivity contribution is 0.568. The molecule has 0 aromatic heterocycles. The van der Waals surface area contributed by atoms with Gasteiger partial charge in [0.05, 0.1) is 0 Å². The average Bonchev–Trinajstić information content (AvgIpc) is 0.722. The molecule has 0 amide bonds. The summed E-state index contributed by atoms with van der Waals surface area (Å²) in [6, 6.07) is 0. The molecule has 7 heavy (non-hydrogen) atoms. The third-order valence-corrected chi connectivity index (χ3v) is 0. The van der Waals surface area contributed by atoms with E-state index in [-0.39, 0.29) is 24.8 Å². The SMILES string of the molecule is CS(=O)(O)=S.Cl.Cl. The largest absolute Gasteiger partial charge is 0.306 e. The smallest absolute Gasteiger partial charge is 0.138 e. The molecular weight excluding hydrogens is 179 g/mol. The molecule has 0 heterocycles. The lowest BCUT2D eigenvalue weighted by Crippen LogP contribution is -1.85. The van der Waals surface area contributed by atoms with Crippen molar-refractivity contribution in [2.75, 3.05) is 6.26 Å². The maximum atomic E-state index is 9.56. The highest BCUT2D eigenvalue weighted by Crippen LogP contribution is 1.63. The first-order valence-corrected chi connectivity index (χ1v) is 3.77. The summed E-state index contributed by atoms with van der Waals surface area (Å²) in [5.74, 6) is 0. The highest BCUT2D eigenvalue weighted by Gasteiger charge is 1.75. The molecule has 1 N–H and O–H groups in total. The fourth-order valence-electron chi connectivity index (χ4n) is 0. The molecule has 0 aromatic rings. The fraction of sp³-hybridized carbons (Fsp3) is 1.00. The van der Waals surface area contributed by atoms with Crippen LogP contribution in [0.25, 0.3) is 0 Å². The van der Waals surface area contributed by atoms with Crippen LogP contribution in [0.1, 0.15) is 0 Å². The lowest BCUT2D eigenvalue weighted by Gasteiger charge is -1.74. The van der Waals surface area contributed by atoms with Crippen LogP contribution in [0.3, 0.4) is 0 Å². The van der Waals surface area contributed by atoms with Crippen LogP contribution in [0.15, 0.2) is 0 Å². The summed E-state index contributed by atoms with van der Waals surface area (Å²) in [6.45, 7) is 0. The van der Waals surface area contributed by atoms with E-state index in [2.05, 4.69) is 11.2 Å².